The summed E-state index contributed by atoms with van der Waals surface area (Å²) in [5.74, 6) is -8.04. The summed E-state index contributed by atoms with van der Waals surface area (Å²) in [6.45, 7) is 1.43. The number of benzene rings is 1. The molecule has 0 fully saturated rings. The second kappa shape index (κ2) is 7.17. The van der Waals surface area contributed by atoms with Gasteiger partial charge in [-0.25, -0.2) is 4.99 Å². The van der Waals surface area contributed by atoms with Gasteiger partial charge >= 0.3 is 17.5 Å². The van der Waals surface area contributed by atoms with Gasteiger partial charge in [0.05, 0.1) is 16.5 Å². The van der Waals surface area contributed by atoms with E-state index in [0.29, 0.717) is 17.3 Å². The van der Waals surface area contributed by atoms with Gasteiger partial charge < -0.3 is 5.73 Å². The van der Waals surface area contributed by atoms with Crippen molar-refractivity contribution in [3.63, 3.8) is 0 Å². The monoisotopic (exact) mass is 416 g/mol. The Labute approximate surface area is 146 Å². The Kier molecular flexibility index (Phi) is 6.32. The fourth-order valence-electron chi connectivity index (χ4n) is 1.39. The smallest absolute Gasteiger partial charge is 0.382 e. The zero-order valence-corrected chi connectivity index (χ0v) is 14.0. The predicted molar refractivity (Wildman–Crippen MR) is 80.0 cm³/mol. The molecule has 136 valence electrons. The summed E-state index contributed by atoms with van der Waals surface area (Å²) in [5.41, 5.74) is 4.70. The van der Waals surface area contributed by atoms with Crippen LogP contribution in [-0.2, 0) is 0 Å². The Bertz CT molecular complexity index is 642. The molecule has 0 saturated heterocycles. The van der Waals surface area contributed by atoms with Crippen molar-refractivity contribution < 1.29 is 30.7 Å². The van der Waals surface area contributed by atoms with Crippen molar-refractivity contribution in [1.82, 2.24) is 0 Å². The van der Waals surface area contributed by atoms with Gasteiger partial charge in [0.1, 0.15) is 0 Å². The Morgan fingerprint density at radius 2 is 1.71 bits per heavy atom. The molecular weight excluding hydrogens is 408 g/mol. The molecule has 1 aromatic rings. The van der Waals surface area contributed by atoms with Crippen molar-refractivity contribution in [3.8, 4) is 0 Å². The topological polar surface area (TPSA) is 38.4 Å². The molecular formula is C12H9Cl2F7N2S. The largest absolute Gasteiger partial charge is 0.398 e. The molecule has 24 heavy (non-hydrogen) atoms. The number of thioether (sulfide) groups is 1. The van der Waals surface area contributed by atoms with E-state index < -0.39 is 34.8 Å². The summed E-state index contributed by atoms with van der Waals surface area (Å²) >= 11 is 10.4. The number of aryl methyl sites for hydroxylation is 1. The van der Waals surface area contributed by atoms with Crippen LogP contribution in [0.25, 0.3) is 0 Å². The van der Waals surface area contributed by atoms with E-state index in [9.17, 15) is 30.7 Å². The molecule has 2 N–H and O–H groups in total. The summed E-state index contributed by atoms with van der Waals surface area (Å²) in [4.78, 5) is 3.13. The van der Waals surface area contributed by atoms with Crippen LogP contribution in [0.3, 0.4) is 0 Å². The van der Waals surface area contributed by atoms with Crippen LogP contribution in [0, 0.1) is 6.92 Å². The van der Waals surface area contributed by atoms with Gasteiger partial charge in [0.25, 0.3) is 0 Å². The fraction of sp³-hybridized carbons (Fsp3) is 0.417. The average Bonchev–Trinajstić information content (AvgIpc) is 2.37. The number of amidine groups is 1. The zero-order valence-electron chi connectivity index (χ0n) is 11.7. The van der Waals surface area contributed by atoms with Crippen LogP contribution in [0.15, 0.2) is 22.0 Å². The minimum Gasteiger partial charge on any atom is -0.382 e. The maximum Gasteiger partial charge on any atom is 0.398 e. The van der Waals surface area contributed by atoms with Gasteiger partial charge in [-0.2, -0.15) is 30.7 Å². The first-order valence-corrected chi connectivity index (χ1v) is 7.68. The Balaban J connectivity index is 3.23. The lowest BCUT2D eigenvalue weighted by Crippen LogP contribution is -2.47. The third-order valence-corrected chi connectivity index (χ3v) is 4.32. The van der Waals surface area contributed by atoms with Crippen molar-refractivity contribution in [3.05, 3.63) is 22.7 Å². The van der Waals surface area contributed by atoms with E-state index in [2.05, 4.69) is 16.6 Å². The zero-order chi connectivity index (χ0) is 18.9. The van der Waals surface area contributed by atoms with E-state index >= 15 is 0 Å². The molecule has 0 saturated carbocycles. The van der Waals surface area contributed by atoms with Gasteiger partial charge in [-0.05, 0) is 36.2 Å². The van der Waals surface area contributed by atoms with E-state index in [-0.39, 0.29) is 9.92 Å². The lowest BCUT2D eigenvalue weighted by molar-refractivity contribution is -0.108. The minimum absolute atomic E-state index is 0.0317. The molecule has 0 atom stereocenters. The van der Waals surface area contributed by atoms with Crippen molar-refractivity contribution in [2.24, 2.45) is 10.7 Å². The first-order valence-electron chi connectivity index (χ1n) is 5.94. The summed E-state index contributed by atoms with van der Waals surface area (Å²) < 4.78 is 88.6. The highest BCUT2D eigenvalue weighted by molar-refractivity contribution is 7.99. The van der Waals surface area contributed by atoms with Gasteiger partial charge in [-0.3, -0.25) is 0 Å². The Morgan fingerprint density at radius 1 is 1.17 bits per heavy atom. The molecule has 2 nitrogen and oxygen atoms in total. The summed E-state index contributed by atoms with van der Waals surface area (Å²) in [6.07, 6.45) is -4.47. The van der Waals surface area contributed by atoms with Crippen molar-refractivity contribution in [2.45, 2.75) is 29.3 Å². The highest BCUT2D eigenvalue weighted by Gasteiger charge is 2.58. The summed E-state index contributed by atoms with van der Waals surface area (Å²) in [6, 6.07) is 2.10. The fourth-order valence-corrected chi connectivity index (χ4v) is 2.55. The molecule has 0 aliphatic rings. The van der Waals surface area contributed by atoms with Gasteiger partial charge in [-0.15, -0.1) is 11.8 Å². The number of halogens is 9. The molecule has 0 radical (unpaired) electrons. The molecule has 1 rings (SSSR count). The molecule has 1 aromatic carbocycles. The lowest BCUT2D eigenvalue weighted by atomic mass is 10.2. The van der Waals surface area contributed by atoms with Gasteiger partial charge in [0, 0.05) is 4.90 Å². The van der Waals surface area contributed by atoms with Gasteiger partial charge in [0.15, 0.2) is 5.84 Å². The third kappa shape index (κ3) is 5.32. The molecule has 0 aliphatic carbocycles. The molecule has 12 heteroatoms. The molecule has 0 heterocycles. The van der Waals surface area contributed by atoms with E-state index in [1.165, 1.54) is 6.92 Å². The average molecular weight is 417 g/mol. The van der Waals surface area contributed by atoms with Crippen LogP contribution in [0.5, 0.6) is 0 Å². The second-order valence-electron chi connectivity index (χ2n) is 4.54. The summed E-state index contributed by atoms with van der Waals surface area (Å²) in [7, 11) is 0. The minimum atomic E-state index is -4.99. The van der Waals surface area contributed by atoms with Crippen LogP contribution in [0.4, 0.5) is 36.4 Å². The van der Waals surface area contributed by atoms with Crippen LogP contribution >= 0.6 is 35.0 Å². The molecule has 0 bridgehead atoms. The van der Waals surface area contributed by atoms with E-state index in [0.717, 1.165) is 12.1 Å². The van der Waals surface area contributed by atoms with Crippen LogP contribution < -0.4 is 5.73 Å². The standard InChI is InChI=1S/C12H9Cl2F7N2S/c1-5-2-6(13)7(3-8(5)24-4-10(15,16)17)23-9(22)11(18,19)12(14,20)21/h2-3H,4H2,1H3,(H2,22,23). The maximum absolute atomic E-state index is 13.3. The number of nitrogens with two attached hydrogens (primary N) is 1. The predicted octanol–water partition coefficient (Wildman–Crippen LogP) is 5.76. The summed E-state index contributed by atoms with van der Waals surface area (Å²) in [5, 5.41) is -5.24. The van der Waals surface area contributed by atoms with Gasteiger partial charge in [-0.1, -0.05) is 11.6 Å². The number of aliphatic imine (C=N–C) groups is 1. The van der Waals surface area contributed by atoms with Gasteiger partial charge in [0.2, 0.25) is 0 Å². The first-order chi connectivity index (χ1) is 10.6. The molecule has 0 spiro atoms. The number of hydrogen-bond donors (Lipinski definition) is 1. The normalized spacial score (nSPS) is 14.2. The van der Waals surface area contributed by atoms with Crippen molar-refractivity contribution in [1.29, 1.82) is 0 Å². The van der Waals surface area contributed by atoms with E-state index in [1.807, 2.05) is 0 Å². The Hall–Kier alpha value is -0.870. The number of alkyl halides is 8. The number of nitrogens with zero attached hydrogens (tertiary/aromatic N) is 1. The first kappa shape index (κ1) is 21.2. The molecule has 0 unspecified atom stereocenters. The maximum atomic E-state index is 13.3. The van der Waals surface area contributed by atoms with Crippen molar-refractivity contribution >= 4 is 46.5 Å². The van der Waals surface area contributed by atoms with Crippen LogP contribution in [0.2, 0.25) is 5.02 Å². The Morgan fingerprint density at radius 3 is 2.17 bits per heavy atom. The van der Waals surface area contributed by atoms with Crippen molar-refractivity contribution in [2.75, 3.05) is 5.75 Å². The quantitative estimate of drug-likeness (QED) is 0.218. The third-order valence-electron chi connectivity index (χ3n) is 2.55. The molecule has 0 amide bonds. The highest BCUT2D eigenvalue weighted by atomic mass is 35.5. The van der Waals surface area contributed by atoms with E-state index in [4.69, 9.17) is 17.3 Å². The van der Waals surface area contributed by atoms with Crippen LogP contribution in [-0.4, -0.2) is 29.1 Å². The lowest BCUT2D eigenvalue weighted by Gasteiger charge is -2.20. The SMILES string of the molecule is Cc1cc(Cl)c(N=C(N)C(F)(F)C(F)(F)Cl)cc1SCC(F)(F)F. The van der Waals surface area contributed by atoms with Crippen LogP contribution in [0.1, 0.15) is 5.56 Å². The number of rotatable bonds is 5. The molecule has 0 aliphatic heterocycles. The number of hydrogen-bond acceptors (Lipinski definition) is 2. The van der Waals surface area contributed by atoms with E-state index in [1.54, 1.807) is 0 Å². The molecule has 0 aromatic heterocycles. The highest BCUT2D eigenvalue weighted by Crippen LogP contribution is 2.40. The second-order valence-corrected chi connectivity index (χ2v) is 6.44.